The van der Waals surface area contributed by atoms with Crippen LogP contribution in [-0.2, 0) is 16.6 Å². The maximum atomic E-state index is 12.9. The summed E-state index contributed by atoms with van der Waals surface area (Å²) < 4.78 is 38.8. The van der Waals surface area contributed by atoms with Crippen molar-refractivity contribution in [3.8, 4) is 11.1 Å². The van der Waals surface area contributed by atoms with Gasteiger partial charge in [0.1, 0.15) is 5.60 Å². The van der Waals surface area contributed by atoms with E-state index in [0.29, 0.717) is 30.6 Å². The molecule has 2 aliphatic rings. The van der Waals surface area contributed by atoms with Crippen LogP contribution in [0.2, 0.25) is 0 Å². The number of aliphatic hydroxyl groups is 1. The lowest BCUT2D eigenvalue weighted by molar-refractivity contribution is -0.137. The lowest BCUT2D eigenvalue weighted by atomic mass is 9.79. The van der Waals surface area contributed by atoms with E-state index in [4.69, 9.17) is 5.73 Å². The summed E-state index contributed by atoms with van der Waals surface area (Å²) in [6, 6.07) is 14.9. The van der Waals surface area contributed by atoms with Crippen molar-refractivity contribution in [2.24, 2.45) is 5.73 Å². The number of hydrogen-bond donors (Lipinski definition) is 4. The lowest BCUT2D eigenvalue weighted by Crippen LogP contribution is -2.45. The molecule has 44 heavy (non-hydrogen) atoms. The Morgan fingerprint density at radius 1 is 0.977 bits per heavy atom. The summed E-state index contributed by atoms with van der Waals surface area (Å²) in [7, 11) is 0. The first kappa shape index (κ1) is 31.1. The van der Waals surface area contributed by atoms with Gasteiger partial charge in [-0.05, 0) is 74.1 Å². The number of hydrogen-bond acceptors (Lipinski definition) is 6. The number of alkyl halides is 3. The summed E-state index contributed by atoms with van der Waals surface area (Å²) in [4.78, 5) is 43.1. The van der Waals surface area contributed by atoms with Gasteiger partial charge in [-0.3, -0.25) is 24.3 Å². The molecule has 5 rings (SSSR count). The van der Waals surface area contributed by atoms with Crippen molar-refractivity contribution in [3.63, 3.8) is 0 Å². The number of primary amides is 1. The number of carbonyl (C=O) groups excluding carboxylic acids is 3. The van der Waals surface area contributed by atoms with Gasteiger partial charge in [-0.15, -0.1) is 0 Å². The Labute approximate surface area is 252 Å². The third-order valence-corrected chi connectivity index (χ3v) is 8.47. The van der Waals surface area contributed by atoms with E-state index < -0.39 is 35.1 Å². The summed E-state index contributed by atoms with van der Waals surface area (Å²) in [6.07, 6.45) is 0.447. The van der Waals surface area contributed by atoms with Crippen molar-refractivity contribution in [2.75, 3.05) is 19.6 Å². The Morgan fingerprint density at radius 3 is 2.39 bits per heavy atom. The predicted octanol–water partition coefficient (Wildman–Crippen LogP) is 3.62. The second-order valence-electron chi connectivity index (χ2n) is 11.4. The summed E-state index contributed by atoms with van der Waals surface area (Å²) in [6.45, 7) is 1.07. The van der Waals surface area contributed by atoms with E-state index in [2.05, 4.69) is 20.5 Å². The molecule has 9 nitrogen and oxygen atoms in total. The molecule has 1 saturated heterocycles. The highest BCUT2D eigenvalue weighted by molar-refractivity contribution is 5.96. The number of benzene rings is 2. The van der Waals surface area contributed by atoms with E-state index in [9.17, 15) is 32.7 Å². The number of halogens is 3. The fraction of sp³-hybridized carbons (Fsp3) is 0.375. The van der Waals surface area contributed by atoms with Crippen LogP contribution in [0.5, 0.6) is 0 Å². The molecule has 3 aromatic rings. The van der Waals surface area contributed by atoms with Gasteiger partial charge in [0.15, 0.2) is 0 Å². The van der Waals surface area contributed by atoms with E-state index in [-0.39, 0.29) is 24.2 Å². The average Bonchev–Trinajstić information content (AvgIpc) is 3.48. The predicted molar refractivity (Wildman–Crippen MR) is 156 cm³/mol. The Kier molecular flexibility index (Phi) is 9.02. The molecule has 1 saturated carbocycles. The van der Waals surface area contributed by atoms with Crippen LogP contribution in [-0.4, -0.2) is 64.4 Å². The van der Waals surface area contributed by atoms with Crippen LogP contribution in [0.4, 0.5) is 13.2 Å². The molecule has 3 amide bonds. The highest BCUT2D eigenvalue weighted by atomic mass is 19.4. The summed E-state index contributed by atoms with van der Waals surface area (Å²) in [5.74, 6) is -1.67. The van der Waals surface area contributed by atoms with E-state index in [0.717, 1.165) is 55.1 Å². The number of nitrogens with two attached hydrogens (primary N) is 1. The lowest BCUT2D eigenvalue weighted by Gasteiger charge is -2.39. The standard InChI is InChI=1S/C32H34F3N5O4/c33-32(34,35)24-6-2-5-22(16-24)30(43)38-18-28(41)39-25-11-14-40(19-25)26-9-12-31(44,13-10-26)27-8-7-23(17-37-27)20-3-1-4-21(15-20)29(36)42/h1-8,15-17,25-26,44H,9-14,18-19H2,(H2,36,42)(H,38,43)(H,39,41)/t25-,26?,31?/m1/s1. The van der Waals surface area contributed by atoms with Crippen LogP contribution in [0.15, 0.2) is 66.9 Å². The number of rotatable bonds is 8. The normalized spacial score (nSPS) is 22.4. The Hall–Kier alpha value is -4.29. The third-order valence-electron chi connectivity index (χ3n) is 8.47. The largest absolute Gasteiger partial charge is 0.416 e. The zero-order chi connectivity index (χ0) is 31.5. The molecule has 1 aliphatic carbocycles. The summed E-state index contributed by atoms with van der Waals surface area (Å²) >= 11 is 0. The number of carbonyl (C=O) groups is 3. The number of likely N-dealkylation sites (tertiary alicyclic amines) is 1. The van der Waals surface area contributed by atoms with Crippen molar-refractivity contribution >= 4 is 17.7 Å². The maximum absolute atomic E-state index is 12.9. The van der Waals surface area contributed by atoms with Gasteiger partial charge < -0.3 is 21.5 Å². The number of aromatic nitrogens is 1. The highest BCUT2D eigenvalue weighted by Gasteiger charge is 2.39. The van der Waals surface area contributed by atoms with Crippen LogP contribution >= 0.6 is 0 Å². The van der Waals surface area contributed by atoms with E-state index in [1.807, 2.05) is 18.2 Å². The molecule has 0 spiro atoms. The molecule has 5 N–H and O–H groups in total. The van der Waals surface area contributed by atoms with Gasteiger partial charge in [-0.25, -0.2) is 0 Å². The minimum atomic E-state index is -4.57. The molecule has 2 heterocycles. The van der Waals surface area contributed by atoms with E-state index >= 15 is 0 Å². The van der Waals surface area contributed by atoms with Crippen molar-refractivity contribution in [2.45, 2.75) is 56.0 Å². The Balaban J connectivity index is 1.08. The highest BCUT2D eigenvalue weighted by Crippen LogP contribution is 2.39. The summed E-state index contributed by atoms with van der Waals surface area (Å²) in [5.41, 5.74) is 5.88. The molecule has 1 aromatic heterocycles. The molecular formula is C32H34F3N5O4. The van der Waals surface area contributed by atoms with Crippen molar-refractivity contribution in [1.29, 1.82) is 0 Å². The molecule has 1 atom stereocenters. The molecule has 232 valence electrons. The van der Waals surface area contributed by atoms with Gasteiger partial charge in [0, 0.05) is 48.1 Å². The second-order valence-corrected chi connectivity index (χ2v) is 11.4. The molecule has 0 bridgehead atoms. The zero-order valence-corrected chi connectivity index (χ0v) is 23.9. The molecule has 0 radical (unpaired) electrons. The van der Waals surface area contributed by atoms with Crippen LogP contribution in [0.25, 0.3) is 11.1 Å². The second kappa shape index (κ2) is 12.7. The average molecular weight is 610 g/mol. The minimum Gasteiger partial charge on any atom is -0.384 e. The van der Waals surface area contributed by atoms with Crippen LogP contribution < -0.4 is 16.4 Å². The van der Waals surface area contributed by atoms with Gasteiger partial charge >= 0.3 is 6.18 Å². The number of amides is 3. The SMILES string of the molecule is NC(=O)c1cccc(-c2ccc(C3(O)CCC(N4CC[C@@H](NC(=O)CNC(=O)c5cccc(C(F)(F)F)c5)C4)CC3)nc2)c1. The first-order chi connectivity index (χ1) is 20.9. The Morgan fingerprint density at radius 2 is 1.70 bits per heavy atom. The number of nitrogens with zero attached hydrogens (tertiary/aromatic N) is 2. The van der Waals surface area contributed by atoms with E-state index in [1.165, 1.54) is 6.07 Å². The van der Waals surface area contributed by atoms with Crippen molar-refractivity contribution in [3.05, 3.63) is 89.2 Å². The van der Waals surface area contributed by atoms with Crippen LogP contribution in [0.3, 0.4) is 0 Å². The van der Waals surface area contributed by atoms with Crippen LogP contribution in [0.1, 0.15) is 64.1 Å². The van der Waals surface area contributed by atoms with Crippen molar-refractivity contribution < 1.29 is 32.7 Å². The first-order valence-corrected chi connectivity index (χ1v) is 14.5. The molecule has 2 fully saturated rings. The maximum Gasteiger partial charge on any atom is 0.416 e. The van der Waals surface area contributed by atoms with Gasteiger partial charge in [-0.2, -0.15) is 13.2 Å². The van der Waals surface area contributed by atoms with Crippen molar-refractivity contribution in [1.82, 2.24) is 20.5 Å². The van der Waals surface area contributed by atoms with Gasteiger partial charge in [-0.1, -0.05) is 24.3 Å². The zero-order valence-electron chi connectivity index (χ0n) is 23.9. The van der Waals surface area contributed by atoms with Gasteiger partial charge in [0.25, 0.3) is 5.91 Å². The monoisotopic (exact) mass is 609 g/mol. The fourth-order valence-corrected chi connectivity index (χ4v) is 6.01. The minimum absolute atomic E-state index is 0.115. The summed E-state index contributed by atoms with van der Waals surface area (Å²) in [5, 5.41) is 16.7. The van der Waals surface area contributed by atoms with Crippen LogP contribution in [0, 0.1) is 0 Å². The smallest absolute Gasteiger partial charge is 0.384 e. The topological polar surface area (TPSA) is 138 Å². The number of nitrogens with one attached hydrogen (secondary N) is 2. The number of pyridine rings is 1. The molecule has 2 aromatic carbocycles. The quantitative estimate of drug-likeness (QED) is 0.308. The Bertz CT molecular complexity index is 1520. The van der Waals surface area contributed by atoms with E-state index in [1.54, 1.807) is 24.4 Å². The van der Waals surface area contributed by atoms with Gasteiger partial charge in [0.2, 0.25) is 11.8 Å². The first-order valence-electron chi connectivity index (χ1n) is 14.5. The van der Waals surface area contributed by atoms with Gasteiger partial charge in [0.05, 0.1) is 17.8 Å². The molecule has 0 unspecified atom stereocenters. The molecule has 1 aliphatic heterocycles. The molecular weight excluding hydrogens is 575 g/mol. The fourth-order valence-electron chi connectivity index (χ4n) is 6.01. The molecule has 12 heteroatoms. The third kappa shape index (κ3) is 7.25.